The van der Waals surface area contributed by atoms with Crippen LogP contribution in [0.5, 0.6) is 0 Å². The van der Waals surface area contributed by atoms with E-state index in [1.54, 1.807) is 0 Å². The first-order valence-electron chi connectivity index (χ1n) is 5.84. The zero-order valence-corrected chi connectivity index (χ0v) is 10.6. The molecule has 0 spiro atoms. The van der Waals surface area contributed by atoms with E-state index in [1.807, 2.05) is 39.0 Å². The van der Waals surface area contributed by atoms with Crippen LogP contribution in [0.4, 0.5) is 0 Å². The Morgan fingerprint density at radius 3 is 2.56 bits per heavy atom. The summed E-state index contributed by atoms with van der Waals surface area (Å²) >= 11 is 0. The largest absolute Gasteiger partial charge is 0.347 e. The SMILES string of the molecule is CCCc1cccc(C(=O)NC(C)(C)C)c1. The lowest BCUT2D eigenvalue weighted by Gasteiger charge is -2.20. The van der Waals surface area contributed by atoms with Crippen LogP contribution >= 0.6 is 0 Å². The Hall–Kier alpha value is -1.31. The van der Waals surface area contributed by atoms with Crippen LogP contribution in [-0.4, -0.2) is 11.4 Å². The molecule has 0 aliphatic carbocycles. The summed E-state index contributed by atoms with van der Waals surface area (Å²) in [5.41, 5.74) is 1.79. The Morgan fingerprint density at radius 2 is 2.00 bits per heavy atom. The van der Waals surface area contributed by atoms with Crippen LogP contribution in [0, 0.1) is 0 Å². The first-order valence-corrected chi connectivity index (χ1v) is 5.84. The molecule has 1 N–H and O–H groups in total. The molecule has 2 nitrogen and oxygen atoms in total. The third-order valence-corrected chi connectivity index (χ3v) is 2.22. The van der Waals surface area contributed by atoms with Crippen molar-refractivity contribution in [1.29, 1.82) is 0 Å². The maximum absolute atomic E-state index is 11.9. The Bertz CT molecular complexity index is 363. The molecule has 0 heterocycles. The van der Waals surface area contributed by atoms with E-state index in [0.717, 1.165) is 18.4 Å². The second-order valence-corrected chi connectivity index (χ2v) is 5.15. The topological polar surface area (TPSA) is 29.1 Å². The number of aryl methyl sites for hydroxylation is 1. The molecule has 1 aromatic carbocycles. The highest BCUT2D eigenvalue weighted by molar-refractivity contribution is 5.94. The standard InChI is InChI=1S/C14H21NO/c1-5-7-11-8-6-9-12(10-11)13(16)15-14(2,3)4/h6,8-10H,5,7H2,1-4H3,(H,15,16). The van der Waals surface area contributed by atoms with Crippen LogP contribution < -0.4 is 5.32 Å². The molecule has 0 unspecified atom stereocenters. The molecule has 1 aromatic rings. The molecule has 1 rings (SSSR count). The molecular weight excluding hydrogens is 198 g/mol. The molecule has 0 aliphatic heterocycles. The van der Waals surface area contributed by atoms with Gasteiger partial charge in [-0.15, -0.1) is 0 Å². The molecule has 0 fully saturated rings. The first kappa shape index (κ1) is 12.8. The van der Waals surface area contributed by atoms with Gasteiger partial charge in [-0.25, -0.2) is 0 Å². The average molecular weight is 219 g/mol. The molecule has 0 radical (unpaired) electrons. The van der Waals surface area contributed by atoms with Gasteiger partial charge in [0.25, 0.3) is 5.91 Å². The van der Waals surface area contributed by atoms with Gasteiger partial charge >= 0.3 is 0 Å². The molecule has 16 heavy (non-hydrogen) atoms. The van der Waals surface area contributed by atoms with Crippen LogP contribution in [0.25, 0.3) is 0 Å². The molecule has 0 saturated heterocycles. The van der Waals surface area contributed by atoms with E-state index < -0.39 is 0 Å². The van der Waals surface area contributed by atoms with Gasteiger partial charge in [0.15, 0.2) is 0 Å². The Kier molecular flexibility index (Phi) is 4.11. The normalized spacial score (nSPS) is 11.2. The van der Waals surface area contributed by atoms with Crippen molar-refractivity contribution in [3.8, 4) is 0 Å². The van der Waals surface area contributed by atoms with Gasteiger partial charge in [-0.3, -0.25) is 4.79 Å². The number of amides is 1. The van der Waals surface area contributed by atoms with Gasteiger partial charge in [0.2, 0.25) is 0 Å². The summed E-state index contributed by atoms with van der Waals surface area (Å²) in [6.07, 6.45) is 2.13. The maximum atomic E-state index is 11.9. The third kappa shape index (κ3) is 4.05. The maximum Gasteiger partial charge on any atom is 0.251 e. The van der Waals surface area contributed by atoms with E-state index in [4.69, 9.17) is 0 Å². The molecular formula is C14H21NO. The number of hydrogen-bond acceptors (Lipinski definition) is 1. The predicted octanol–water partition coefficient (Wildman–Crippen LogP) is 3.17. The Morgan fingerprint density at radius 1 is 1.31 bits per heavy atom. The molecule has 0 aromatic heterocycles. The summed E-state index contributed by atoms with van der Waals surface area (Å²) in [6.45, 7) is 8.10. The Labute approximate surface area is 98.1 Å². The van der Waals surface area contributed by atoms with Crippen LogP contribution in [0.2, 0.25) is 0 Å². The van der Waals surface area contributed by atoms with E-state index in [9.17, 15) is 4.79 Å². The van der Waals surface area contributed by atoms with Crippen molar-refractivity contribution in [3.63, 3.8) is 0 Å². The van der Waals surface area contributed by atoms with Gasteiger partial charge in [0.05, 0.1) is 0 Å². The minimum Gasteiger partial charge on any atom is -0.347 e. The van der Waals surface area contributed by atoms with E-state index in [1.165, 1.54) is 5.56 Å². The van der Waals surface area contributed by atoms with E-state index >= 15 is 0 Å². The van der Waals surface area contributed by atoms with Crippen molar-refractivity contribution in [2.45, 2.75) is 46.1 Å². The van der Waals surface area contributed by atoms with Gasteiger partial charge in [0, 0.05) is 11.1 Å². The van der Waals surface area contributed by atoms with Crippen molar-refractivity contribution in [1.82, 2.24) is 5.32 Å². The van der Waals surface area contributed by atoms with Gasteiger partial charge in [-0.2, -0.15) is 0 Å². The summed E-state index contributed by atoms with van der Waals surface area (Å²) in [7, 11) is 0. The number of hydrogen-bond donors (Lipinski definition) is 1. The fourth-order valence-electron chi connectivity index (χ4n) is 1.57. The van der Waals surface area contributed by atoms with E-state index in [2.05, 4.69) is 18.3 Å². The van der Waals surface area contributed by atoms with Crippen molar-refractivity contribution >= 4 is 5.91 Å². The van der Waals surface area contributed by atoms with Crippen molar-refractivity contribution < 1.29 is 4.79 Å². The predicted molar refractivity (Wildman–Crippen MR) is 67.7 cm³/mol. The van der Waals surface area contributed by atoms with Gasteiger partial charge < -0.3 is 5.32 Å². The number of carbonyl (C=O) groups is 1. The van der Waals surface area contributed by atoms with Gasteiger partial charge in [-0.05, 0) is 44.9 Å². The highest BCUT2D eigenvalue weighted by atomic mass is 16.1. The second kappa shape index (κ2) is 5.15. The summed E-state index contributed by atoms with van der Waals surface area (Å²) in [6, 6.07) is 7.85. The lowest BCUT2D eigenvalue weighted by molar-refractivity contribution is 0.0919. The van der Waals surface area contributed by atoms with Crippen molar-refractivity contribution in [3.05, 3.63) is 35.4 Å². The zero-order chi connectivity index (χ0) is 12.2. The van der Waals surface area contributed by atoms with Crippen LogP contribution in [0.15, 0.2) is 24.3 Å². The summed E-state index contributed by atoms with van der Waals surface area (Å²) in [5.74, 6) is 0.00505. The summed E-state index contributed by atoms with van der Waals surface area (Å²) < 4.78 is 0. The average Bonchev–Trinajstić information content (AvgIpc) is 2.16. The number of nitrogens with one attached hydrogen (secondary N) is 1. The number of benzene rings is 1. The second-order valence-electron chi connectivity index (χ2n) is 5.15. The molecule has 0 saturated carbocycles. The molecule has 1 amide bonds. The fraction of sp³-hybridized carbons (Fsp3) is 0.500. The first-order chi connectivity index (χ1) is 7.42. The zero-order valence-electron chi connectivity index (χ0n) is 10.6. The number of carbonyl (C=O) groups excluding carboxylic acids is 1. The fourth-order valence-corrected chi connectivity index (χ4v) is 1.57. The highest BCUT2D eigenvalue weighted by Gasteiger charge is 2.15. The number of rotatable bonds is 3. The summed E-state index contributed by atoms with van der Waals surface area (Å²) in [4.78, 5) is 11.9. The summed E-state index contributed by atoms with van der Waals surface area (Å²) in [5, 5.41) is 2.97. The molecule has 0 bridgehead atoms. The quantitative estimate of drug-likeness (QED) is 0.831. The minimum absolute atomic E-state index is 0.00505. The lowest BCUT2D eigenvalue weighted by atomic mass is 10.0. The van der Waals surface area contributed by atoms with Crippen LogP contribution in [0.1, 0.15) is 50.0 Å². The van der Waals surface area contributed by atoms with Gasteiger partial charge in [-0.1, -0.05) is 25.5 Å². The molecule has 0 aliphatic rings. The smallest absolute Gasteiger partial charge is 0.251 e. The van der Waals surface area contributed by atoms with E-state index in [-0.39, 0.29) is 11.4 Å². The molecule has 88 valence electrons. The van der Waals surface area contributed by atoms with Crippen LogP contribution in [-0.2, 0) is 6.42 Å². The lowest BCUT2D eigenvalue weighted by Crippen LogP contribution is -2.40. The van der Waals surface area contributed by atoms with Crippen molar-refractivity contribution in [2.75, 3.05) is 0 Å². The minimum atomic E-state index is -0.183. The third-order valence-electron chi connectivity index (χ3n) is 2.22. The van der Waals surface area contributed by atoms with E-state index in [0.29, 0.717) is 0 Å². The van der Waals surface area contributed by atoms with Crippen molar-refractivity contribution in [2.24, 2.45) is 0 Å². The highest BCUT2D eigenvalue weighted by Crippen LogP contribution is 2.09. The van der Waals surface area contributed by atoms with Crippen LogP contribution in [0.3, 0.4) is 0 Å². The monoisotopic (exact) mass is 219 g/mol. The molecule has 2 heteroatoms. The van der Waals surface area contributed by atoms with Gasteiger partial charge in [0.1, 0.15) is 0 Å². The Balaban J connectivity index is 2.79. The molecule has 0 atom stereocenters.